The highest BCUT2D eigenvalue weighted by atomic mass is 16.5. The van der Waals surface area contributed by atoms with E-state index in [0.717, 1.165) is 58.5 Å². The second kappa shape index (κ2) is 5.09. The standard InChI is InChI=1S/C13H21N3O3/c17-11-13(3-1-2-4-13)16(12(18)14-11)6-5-15-7-9-19-10-8-15/h1-10H2,(H,14,17,18). The van der Waals surface area contributed by atoms with Crippen LogP contribution in [0.3, 0.4) is 0 Å². The molecule has 0 aromatic heterocycles. The Kier molecular flexibility index (Phi) is 3.45. The van der Waals surface area contributed by atoms with Gasteiger partial charge in [0.1, 0.15) is 5.54 Å². The van der Waals surface area contributed by atoms with Gasteiger partial charge in [0.15, 0.2) is 0 Å². The van der Waals surface area contributed by atoms with E-state index in [2.05, 4.69) is 10.2 Å². The van der Waals surface area contributed by atoms with Crippen molar-refractivity contribution in [2.24, 2.45) is 0 Å². The lowest BCUT2D eigenvalue weighted by Crippen LogP contribution is -2.50. The number of nitrogens with one attached hydrogen (secondary N) is 1. The van der Waals surface area contributed by atoms with Crippen molar-refractivity contribution in [2.45, 2.75) is 31.2 Å². The van der Waals surface area contributed by atoms with Crippen LogP contribution in [0.1, 0.15) is 25.7 Å². The number of carbonyl (C=O) groups excluding carboxylic acids is 2. The molecule has 6 nitrogen and oxygen atoms in total. The number of rotatable bonds is 3. The van der Waals surface area contributed by atoms with E-state index in [9.17, 15) is 9.59 Å². The fourth-order valence-corrected chi connectivity index (χ4v) is 3.44. The highest BCUT2D eigenvalue weighted by molar-refractivity contribution is 6.07. The molecule has 1 aliphatic carbocycles. The van der Waals surface area contributed by atoms with Crippen molar-refractivity contribution in [3.05, 3.63) is 0 Å². The maximum absolute atomic E-state index is 12.1. The Morgan fingerprint density at radius 3 is 2.47 bits per heavy atom. The molecule has 19 heavy (non-hydrogen) atoms. The molecule has 3 rings (SSSR count). The number of amides is 3. The molecule has 0 aromatic rings. The van der Waals surface area contributed by atoms with Crippen molar-refractivity contribution >= 4 is 11.9 Å². The SMILES string of the molecule is O=C1NC(=O)C2(CCCC2)N1CCN1CCOCC1. The smallest absolute Gasteiger partial charge is 0.325 e. The lowest BCUT2D eigenvalue weighted by atomic mass is 9.96. The van der Waals surface area contributed by atoms with E-state index in [0.29, 0.717) is 6.54 Å². The van der Waals surface area contributed by atoms with E-state index in [-0.39, 0.29) is 11.9 Å². The van der Waals surface area contributed by atoms with Gasteiger partial charge in [0, 0.05) is 26.2 Å². The van der Waals surface area contributed by atoms with Crippen LogP contribution in [0.25, 0.3) is 0 Å². The van der Waals surface area contributed by atoms with E-state index >= 15 is 0 Å². The summed E-state index contributed by atoms with van der Waals surface area (Å²) < 4.78 is 5.31. The van der Waals surface area contributed by atoms with Crippen LogP contribution in [0.4, 0.5) is 4.79 Å². The normalized spacial score (nSPS) is 27.3. The largest absolute Gasteiger partial charge is 0.379 e. The minimum Gasteiger partial charge on any atom is -0.379 e. The molecule has 6 heteroatoms. The topological polar surface area (TPSA) is 61.9 Å². The monoisotopic (exact) mass is 267 g/mol. The van der Waals surface area contributed by atoms with E-state index in [4.69, 9.17) is 4.74 Å². The lowest BCUT2D eigenvalue weighted by molar-refractivity contribution is -0.126. The van der Waals surface area contributed by atoms with Crippen molar-refractivity contribution < 1.29 is 14.3 Å². The van der Waals surface area contributed by atoms with E-state index < -0.39 is 5.54 Å². The number of morpholine rings is 1. The van der Waals surface area contributed by atoms with Gasteiger partial charge < -0.3 is 9.64 Å². The van der Waals surface area contributed by atoms with Gasteiger partial charge >= 0.3 is 6.03 Å². The predicted molar refractivity (Wildman–Crippen MR) is 68.7 cm³/mol. The molecule has 2 saturated heterocycles. The summed E-state index contributed by atoms with van der Waals surface area (Å²) in [4.78, 5) is 28.1. The summed E-state index contributed by atoms with van der Waals surface area (Å²) in [5.74, 6) is -0.0861. The third kappa shape index (κ3) is 2.23. The number of imide groups is 1. The van der Waals surface area contributed by atoms with Gasteiger partial charge in [-0.05, 0) is 12.8 Å². The number of nitrogens with zero attached hydrogens (tertiary/aromatic N) is 2. The number of ether oxygens (including phenoxy) is 1. The van der Waals surface area contributed by atoms with Gasteiger partial charge in [0.25, 0.3) is 5.91 Å². The summed E-state index contributed by atoms with van der Waals surface area (Å²) >= 11 is 0. The predicted octanol–water partition coefficient (Wildman–Crippen LogP) is 0.183. The minimum atomic E-state index is -0.538. The molecule has 1 spiro atoms. The minimum absolute atomic E-state index is 0.0861. The molecule has 2 heterocycles. The Labute approximate surface area is 113 Å². The van der Waals surface area contributed by atoms with Gasteiger partial charge in [-0.2, -0.15) is 0 Å². The summed E-state index contributed by atoms with van der Waals surface area (Å²) in [5, 5.41) is 2.49. The molecule has 0 unspecified atom stereocenters. The van der Waals surface area contributed by atoms with Gasteiger partial charge in [-0.15, -0.1) is 0 Å². The number of urea groups is 1. The Bertz CT molecular complexity index is 373. The molecule has 106 valence electrons. The third-order valence-electron chi connectivity index (χ3n) is 4.58. The fraction of sp³-hybridized carbons (Fsp3) is 0.846. The summed E-state index contributed by atoms with van der Waals surface area (Å²) in [6.07, 6.45) is 3.70. The first kappa shape index (κ1) is 12.9. The molecule has 3 amide bonds. The number of carbonyl (C=O) groups is 2. The van der Waals surface area contributed by atoms with Gasteiger partial charge in [-0.3, -0.25) is 15.0 Å². The molecule has 2 aliphatic heterocycles. The fourth-order valence-electron chi connectivity index (χ4n) is 3.44. The molecule has 3 fully saturated rings. The maximum Gasteiger partial charge on any atom is 0.325 e. The first-order valence-electron chi connectivity index (χ1n) is 7.15. The van der Waals surface area contributed by atoms with Crippen LogP contribution < -0.4 is 5.32 Å². The quantitative estimate of drug-likeness (QED) is 0.741. The van der Waals surface area contributed by atoms with Gasteiger partial charge in [0.2, 0.25) is 0 Å². The molecule has 3 aliphatic rings. The van der Waals surface area contributed by atoms with Crippen LogP contribution in [0.15, 0.2) is 0 Å². The van der Waals surface area contributed by atoms with Crippen molar-refractivity contribution in [1.29, 1.82) is 0 Å². The van der Waals surface area contributed by atoms with Crippen LogP contribution in [0.5, 0.6) is 0 Å². The summed E-state index contributed by atoms with van der Waals surface area (Å²) in [7, 11) is 0. The van der Waals surface area contributed by atoms with Gasteiger partial charge in [-0.25, -0.2) is 4.79 Å². The Balaban J connectivity index is 1.64. The zero-order valence-electron chi connectivity index (χ0n) is 11.2. The summed E-state index contributed by atoms with van der Waals surface area (Å²) in [6.45, 7) is 4.81. The van der Waals surface area contributed by atoms with Gasteiger partial charge in [0.05, 0.1) is 13.2 Å². The third-order valence-corrected chi connectivity index (χ3v) is 4.58. The summed E-state index contributed by atoms with van der Waals surface area (Å²) in [6, 6.07) is -0.208. The molecular weight excluding hydrogens is 246 g/mol. The van der Waals surface area contributed by atoms with Crippen molar-refractivity contribution in [2.75, 3.05) is 39.4 Å². The average molecular weight is 267 g/mol. The van der Waals surface area contributed by atoms with E-state index in [1.54, 1.807) is 4.90 Å². The Morgan fingerprint density at radius 2 is 1.79 bits per heavy atom. The molecule has 0 bridgehead atoms. The Hall–Kier alpha value is -1.14. The van der Waals surface area contributed by atoms with Crippen molar-refractivity contribution in [3.63, 3.8) is 0 Å². The number of hydrogen-bond donors (Lipinski definition) is 1. The van der Waals surface area contributed by atoms with Crippen LogP contribution in [0, 0.1) is 0 Å². The second-order valence-electron chi connectivity index (χ2n) is 5.60. The highest BCUT2D eigenvalue weighted by Gasteiger charge is 2.53. The lowest BCUT2D eigenvalue weighted by Gasteiger charge is -2.34. The molecule has 0 radical (unpaired) electrons. The average Bonchev–Trinajstić information content (AvgIpc) is 2.98. The number of hydrogen-bond acceptors (Lipinski definition) is 4. The molecule has 0 atom stereocenters. The maximum atomic E-state index is 12.1. The highest BCUT2D eigenvalue weighted by Crippen LogP contribution is 2.38. The van der Waals surface area contributed by atoms with Crippen molar-refractivity contribution in [1.82, 2.24) is 15.1 Å². The van der Waals surface area contributed by atoms with E-state index in [1.807, 2.05) is 0 Å². The first-order chi connectivity index (χ1) is 9.22. The molecule has 1 saturated carbocycles. The van der Waals surface area contributed by atoms with Crippen LogP contribution in [0.2, 0.25) is 0 Å². The van der Waals surface area contributed by atoms with Crippen LogP contribution >= 0.6 is 0 Å². The molecule has 1 N–H and O–H groups in total. The molecular formula is C13H21N3O3. The van der Waals surface area contributed by atoms with Crippen molar-refractivity contribution in [3.8, 4) is 0 Å². The van der Waals surface area contributed by atoms with E-state index in [1.165, 1.54) is 0 Å². The first-order valence-corrected chi connectivity index (χ1v) is 7.15. The van der Waals surface area contributed by atoms with Gasteiger partial charge in [-0.1, -0.05) is 12.8 Å². The summed E-state index contributed by atoms with van der Waals surface area (Å²) in [5.41, 5.74) is -0.538. The second-order valence-corrected chi connectivity index (χ2v) is 5.60. The van der Waals surface area contributed by atoms with Crippen LogP contribution in [-0.4, -0.2) is 66.7 Å². The zero-order valence-corrected chi connectivity index (χ0v) is 11.2. The Morgan fingerprint density at radius 1 is 1.11 bits per heavy atom. The zero-order chi connectivity index (χ0) is 13.3. The molecule has 0 aromatic carbocycles. The van der Waals surface area contributed by atoms with Crippen LogP contribution in [-0.2, 0) is 9.53 Å².